The van der Waals surface area contributed by atoms with Crippen LogP contribution in [0.2, 0.25) is 0 Å². The molecule has 2 rings (SSSR count). The van der Waals surface area contributed by atoms with Crippen LogP contribution in [0.25, 0.3) is 0 Å². The van der Waals surface area contributed by atoms with E-state index in [2.05, 4.69) is 5.32 Å². The maximum absolute atomic E-state index is 11.1. The molecule has 2 aromatic rings. The third-order valence-electron chi connectivity index (χ3n) is 2.81. The second kappa shape index (κ2) is 5.82. The largest absolute Gasteiger partial charge is 0.349 e. The molecule has 0 heterocycles. The van der Waals surface area contributed by atoms with Gasteiger partial charge < -0.3 is 11.1 Å². The standard InChI is InChI=1S/C14H12N4O2/c15-8-10-5-6-13(14(7-10)18(19)20)17-12-4-2-1-3-11(12)9-16/h1-7,17H,8,15H2. The molecule has 0 saturated carbocycles. The molecule has 0 aliphatic carbocycles. The molecular weight excluding hydrogens is 256 g/mol. The number of nitrogens with two attached hydrogens (primary N) is 1. The summed E-state index contributed by atoms with van der Waals surface area (Å²) in [6.45, 7) is 0.232. The molecule has 6 heteroatoms. The van der Waals surface area contributed by atoms with Crippen molar-refractivity contribution in [2.45, 2.75) is 6.54 Å². The molecule has 2 aromatic carbocycles. The summed E-state index contributed by atoms with van der Waals surface area (Å²) in [5, 5.41) is 23.0. The second-order valence-corrected chi connectivity index (χ2v) is 4.10. The first-order valence-corrected chi connectivity index (χ1v) is 5.89. The SMILES string of the molecule is N#Cc1ccccc1Nc1ccc(CN)cc1[N+](=O)[O-]. The first-order valence-electron chi connectivity index (χ1n) is 5.89. The fraction of sp³-hybridized carbons (Fsp3) is 0.0714. The van der Waals surface area contributed by atoms with Gasteiger partial charge in [0.1, 0.15) is 11.8 Å². The van der Waals surface area contributed by atoms with E-state index < -0.39 is 4.92 Å². The van der Waals surface area contributed by atoms with E-state index in [1.54, 1.807) is 36.4 Å². The van der Waals surface area contributed by atoms with Gasteiger partial charge in [-0.15, -0.1) is 0 Å². The smallest absolute Gasteiger partial charge is 0.292 e. The third kappa shape index (κ3) is 2.74. The fourth-order valence-corrected chi connectivity index (χ4v) is 1.80. The number of nitrogens with zero attached hydrogens (tertiary/aromatic N) is 2. The van der Waals surface area contributed by atoms with Gasteiger partial charge in [0.05, 0.1) is 16.2 Å². The van der Waals surface area contributed by atoms with E-state index >= 15 is 0 Å². The molecule has 0 amide bonds. The molecule has 20 heavy (non-hydrogen) atoms. The summed E-state index contributed by atoms with van der Waals surface area (Å²) in [4.78, 5) is 10.6. The van der Waals surface area contributed by atoms with Crippen LogP contribution < -0.4 is 11.1 Å². The molecule has 0 radical (unpaired) electrons. The molecule has 0 aromatic heterocycles. The molecule has 0 aliphatic rings. The van der Waals surface area contributed by atoms with Crippen LogP contribution in [0.5, 0.6) is 0 Å². The monoisotopic (exact) mass is 268 g/mol. The maximum Gasteiger partial charge on any atom is 0.292 e. The molecular formula is C14H12N4O2. The van der Waals surface area contributed by atoms with Gasteiger partial charge in [-0.2, -0.15) is 5.26 Å². The molecule has 0 bridgehead atoms. The number of nitriles is 1. The number of para-hydroxylation sites is 1. The van der Waals surface area contributed by atoms with E-state index in [1.807, 2.05) is 6.07 Å². The van der Waals surface area contributed by atoms with Crippen LogP contribution in [0.1, 0.15) is 11.1 Å². The first kappa shape index (κ1) is 13.5. The zero-order chi connectivity index (χ0) is 14.5. The van der Waals surface area contributed by atoms with Gasteiger partial charge in [0.15, 0.2) is 0 Å². The highest BCUT2D eigenvalue weighted by Gasteiger charge is 2.15. The highest BCUT2D eigenvalue weighted by molar-refractivity contribution is 5.73. The van der Waals surface area contributed by atoms with Crippen molar-refractivity contribution < 1.29 is 4.92 Å². The van der Waals surface area contributed by atoms with E-state index in [4.69, 9.17) is 11.0 Å². The Morgan fingerprint density at radius 1 is 1.25 bits per heavy atom. The molecule has 0 atom stereocenters. The van der Waals surface area contributed by atoms with Crippen molar-refractivity contribution in [1.29, 1.82) is 5.26 Å². The highest BCUT2D eigenvalue weighted by atomic mass is 16.6. The number of nitro groups is 1. The molecule has 3 N–H and O–H groups in total. The number of hydrogen-bond acceptors (Lipinski definition) is 5. The maximum atomic E-state index is 11.1. The Morgan fingerprint density at radius 2 is 2.00 bits per heavy atom. The number of nitro benzene ring substituents is 1. The van der Waals surface area contributed by atoms with Gasteiger partial charge in [0, 0.05) is 12.6 Å². The lowest BCUT2D eigenvalue weighted by atomic mass is 10.1. The molecule has 0 aliphatic heterocycles. The minimum absolute atomic E-state index is 0.0688. The summed E-state index contributed by atoms with van der Waals surface area (Å²) in [7, 11) is 0. The Bertz CT molecular complexity index is 692. The minimum atomic E-state index is -0.476. The zero-order valence-electron chi connectivity index (χ0n) is 10.5. The van der Waals surface area contributed by atoms with E-state index in [1.165, 1.54) is 6.07 Å². The Morgan fingerprint density at radius 3 is 2.65 bits per heavy atom. The summed E-state index contributed by atoms with van der Waals surface area (Å²) < 4.78 is 0. The molecule has 100 valence electrons. The van der Waals surface area contributed by atoms with Gasteiger partial charge in [0.2, 0.25) is 0 Å². The Kier molecular flexibility index (Phi) is 3.93. The summed E-state index contributed by atoms with van der Waals surface area (Å²) in [5.74, 6) is 0. The molecule has 0 unspecified atom stereocenters. The van der Waals surface area contributed by atoms with Crippen LogP contribution in [-0.4, -0.2) is 4.92 Å². The Labute approximate surface area is 115 Å². The third-order valence-corrected chi connectivity index (χ3v) is 2.81. The van der Waals surface area contributed by atoms with Crippen molar-refractivity contribution >= 4 is 17.1 Å². The van der Waals surface area contributed by atoms with Gasteiger partial charge >= 0.3 is 0 Å². The summed E-state index contributed by atoms with van der Waals surface area (Å²) in [6, 6.07) is 13.6. The van der Waals surface area contributed by atoms with E-state index in [-0.39, 0.29) is 12.2 Å². The quantitative estimate of drug-likeness (QED) is 0.655. The normalized spacial score (nSPS) is 9.80. The highest BCUT2D eigenvalue weighted by Crippen LogP contribution is 2.29. The topological polar surface area (TPSA) is 105 Å². The second-order valence-electron chi connectivity index (χ2n) is 4.10. The van der Waals surface area contributed by atoms with Crippen molar-refractivity contribution in [3.05, 3.63) is 63.7 Å². The van der Waals surface area contributed by atoms with Crippen molar-refractivity contribution in [3.8, 4) is 6.07 Å². The van der Waals surface area contributed by atoms with Crippen LogP contribution in [0.3, 0.4) is 0 Å². The van der Waals surface area contributed by atoms with Crippen molar-refractivity contribution in [1.82, 2.24) is 0 Å². The van der Waals surface area contributed by atoms with E-state index in [0.717, 1.165) is 0 Å². The first-order chi connectivity index (χ1) is 9.65. The summed E-state index contributed by atoms with van der Waals surface area (Å²) in [5.41, 5.74) is 7.37. The van der Waals surface area contributed by atoms with Gasteiger partial charge in [0.25, 0.3) is 5.69 Å². The summed E-state index contributed by atoms with van der Waals surface area (Å²) in [6.07, 6.45) is 0. The van der Waals surface area contributed by atoms with Crippen LogP contribution in [0, 0.1) is 21.4 Å². The zero-order valence-corrected chi connectivity index (χ0v) is 10.5. The molecule has 0 spiro atoms. The van der Waals surface area contributed by atoms with Gasteiger partial charge in [-0.25, -0.2) is 0 Å². The van der Waals surface area contributed by atoms with Crippen molar-refractivity contribution in [2.75, 3.05) is 5.32 Å². The van der Waals surface area contributed by atoms with Gasteiger partial charge in [-0.1, -0.05) is 18.2 Å². The lowest BCUT2D eigenvalue weighted by Crippen LogP contribution is -2.02. The predicted octanol–water partition coefficient (Wildman–Crippen LogP) is 2.67. The predicted molar refractivity (Wildman–Crippen MR) is 75.4 cm³/mol. The molecule has 0 fully saturated rings. The minimum Gasteiger partial charge on any atom is -0.349 e. The lowest BCUT2D eigenvalue weighted by molar-refractivity contribution is -0.384. The Balaban J connectivity index is 2.43. The number of rotatable bonds is 4. The van der Waals surface area contributed by atoms with Crippen molar-refractivity contribution in [2.24, 2.45) is 5.73 Å². The van der Waals surface area contributed by atoms with Crippen LogP contribution in [-0.2, 0) is 6.54 Å². The fourth-order valence-electron chi connectivity index (χ4n) is 1.80. The average Bonchev–Trinajstić information content (AvgIpc) is 2.48. The Hall–Kier alpha value is -2.91. The average molecular weight is 268 g/mol. The summed E-state index contributed by atoms with van der Waals surface area (Å²) >= 11 is 0. The van der Waals surface area contributed by atoms with E-state index in [9.17, 15) is 10.1 Å². The molecule has 0 saturated heterocycles. The van der Waals surface area contributed by atoms with Crippen LogP contribution in [0.4, 0.5) is 17.1 Å². The number of nitrogens with one attached hydrogen (secondary N) is 1. The van der Waals surface area contributed by atoms with Gasteiger partial charge in [-0.3, -0.25) is 10.1 Å². The van der Waals surface area contributed by atoms with Crippen LogP contribution in [0.15, 0.2) is 42.5 Å². The van der Waals surface area contributed by atoms with Gasteiger partial charge in [-0.05, 0) is 23.8 Å². The lowest BCUT2D eigenvalue weighted by Gasteiger charge is -2.09. The molecule has 6 nitrogen and oxygen atoms in total. The number of hydrogen-bond donors (Lipinski definition) is 2. The van der Waals surface area contributed by atoms with Crippen molar-refractivity contribution in [3.63, 3.8) is 0 Å². The van der Waals surface area contributed by atoms with Crippen LogP contribution >= 0.6 is 0 Å². The number of benzene rings is 2. The number of anilines is 2. The van der Waals surface area contributed by atoms with E-state index in [0.29, 0.717) is 22.5 Å².